The Bertz CT molecular complexity index is 731. The molecule has 0 aliphatic rings. The zero-order chi connectivity index (χ0) is 15.6. The predicted octanol–water partition coefficient (Wildman–Crippen LogP) is 4.20. The third kappa shape index (κ3) is 3.74. The number of benzene rings is 2. The van der Waals surface area contributed by atoms with Crippen LogP contribution >= 0.6 is 34.2 Å². The van der Waals surface area contributed by atoms with E-state index in [0.29, 0.717) is 21.8 Å². The van der Waals surface area contributed by atoms with Crippen molar-refractivity contribution >= 4 is 51.8 Å². The molecule has 0 aliphatic carbocycles. The van der Waals surface area contributed by atoms with Crippen molar-refractivity contribution in [3.05, 3.63) is 61.7 Å². The number of carboxylic acid groups (broad SMARTS) is 1. The molecule has 2 aromatic carbocycles. The maximum absolute atomic E-state index is 12.2. The first-order chi connectivity index (χ1) is 9.88. The molecule has 0 fully saturated rings. The molecule has 0 bridgehead atoms. The fourth-order valence-electron chi connectivity index (χ4n) is 1.77. The molecular weight excluding hydrogens is 405 g/mol. The van der Waals surface area contributed by atoms with Crippen molar-refractivity contribution < 1.29 is 14.7 Å². The number of aryl methyl sites for hydroxylation is 1. The van der Waals surface area contributed by atoms with Crippen molar-refractivity contribution in [2.75, 3.05) is 5.32 Å². The number of nitrogens with one attached hydrogen (secondary N) is 1. The van der Waals surface area contributed by atoms with Crippen LogP contribution in [0.3, 0.4) is 0 Å². The Morgan fingerprint density at radius 3 is 2.38 bits per heavy atom. The quantitative estimate of drug-likeness (QED) is 0.738. The molecule has 0 saturated carbocycles. The van der Waals surface area contributed by atoms with Gasteiger partial charge in [-0.25, -0.2) is 4.79 Å². The number of hydrogen-bond donors (Lipinski definition) is 2. The summed E-state index contributed by atoms with van der Waals surface area (Å²) in [5.74, 6) is -1.29. The minimum atomic E-state index is -1.000. The molecule has 0 heterocycles. The first-order valence-corrected chi connectivity index (χ1v) is 7.44. The van der Waals surface area contributed by atoms with Gasteiger partial charge >= 0.3 is 5.97 Å². The molecule has 0 radical (unpaired) electrons. The Hall–Kier alpha value is -1.60. The van der Waals surface area contributed by atoms with E-state index in [2.05, 4.69) is 27.9 Å². The molecule has 2 rings (SSSR count). The average molecular weight is 416 g/mol. The van der Waals surface area contributed by atoms with Crippen LogP contribution in [0.15, 0.2) is 36.4 Å². The maximum Gasteiger partial charge on any atom is 0.335 e. The van der Waals surface area contributed by atoms with Crippen LogP contribution in [0.2, 0.25) is 5.02 Å². The van der Waals surface area contributed by atoms with Gasteiger partial charge in [0.2, 0.25) is 0 Å². The Morgan fingerprint density at radius 2 is 1.81 bits per heavy atom. The van der Waals surface area contributed by atoms with Gasteiger partial charge in [0.05, 0.1) is 10.6 Å². The van der Waals surface area contributed by atoms with Gasteiger partial charge in [-0.15, -0.1) is 0 Å². The predicted molar refractivity (Wildman–Crippen MR) is 90.3 cm³/mol. The van der Waals surface area contributed by atoms with Crippen molar-refractivity contribution in [3.8, 4) is 0 Å². The monoisotopic (exact) mass is 415 g/mol. The van der Waals surface area contributed by atoms with Crippen molar-refractivity contribution in [2.24, 2.45) is 0 Å². The molecule has 0 aromatic heterocycles. The summed E-state index contributed by atoms with van der Waals surface area (Å²) >= 11 is 8.08. The highest BCUT2D eigenvalue weighted by Crippen LogP contribution is 2.21. The Labute approximate surface area is 140 Å². The van der Waals surface area contributed by atoms with Gasteiger partial charge in [-0.3, -0.25) is 4.79 Å². The first-order valence-electron chi connectivity index (χ1n) is 5.99. The standard InChI is InChI=1S/C15H11ClINO3/c1-8-6-10(15(20)21)3-5-13(8)18-14(19)9-2-4-12(17)11(16)7-9/h2-7H,1H3,(H,18,19)(H,20,21). The lowest BCUT2D eigenvalue weighted by Crippen LogP contribution is -2.13. The smallest absolute Gasteiger partial charge is 0.335 e. The van der Waals surface area contributed by atoms with E-state index >= 15 is 0 Å². The van der Waals surface area contributed by atoms with Gasteiger partial charge in [-0.2, -0.15) is 0 Å². The normalized spacial score (nSPS) is 10.2. The minimum Gasteiger partial charge on any atom is -0.478 e. The summed E-state index contributed by atoms with van der Waals surface area (Å²) in [4.78, 5) is 23.0. The van der Waals surface area contributed by atoms with Crippen LogP contribution in [-0.2, 0) is 0 Å². The highest BCUT2D eigenvalue weighted by Gasteiger charge is 2.11. The molecule has 6 heteroatoms. The van der Waals surface area contributed by atoms with Crippen LogP contribution in [-0.4, -0.2) is 17.0 Å². The highest BCUT2D eigenvalue weighted by atomic mass is 127. The van der Waals surface area contributed by atoms with Crippen molar-refractivity contribution in [3.63, 3.8) is 0 Å². The molecule has 0 spiro atoms. The van der Waals surface area contributed by atoms with Gasteiger partial charge in [0, 0.05) is 14.8 Å². The van der Waals surface area contributed by atoms with Crippen LogP contribution in [0.25, 0.3) is 0 Å². The second-order valence-electron chi connectivity index (χ2n) is 4.42. The molecule has 21 heavy (non-hydrogen) atoms. The molecular formula is C15H11ClINO3. The third-order valence-corrected chi connectivity index (χ3v) is 4.48. The summed E-state index contributed by atoms with van der Waals surface area (Å²) in [6.45, 7) is 1.74. The Balaban J connectivity index is 2.23. The number of amides is 1. The summed E-state index contributed by atoms with van der Waals surface area (Å²) in [7, 11) is 0. The van der Waals surface area contributed by atoms with Gasteiger partial charge < -0.3 is 10.4 Å². The van der Waals surface area contributed by atoms with E-state index in [0.717, 1.165) is 3.57 Å². The zero-order valence-corrected chi connectivity index (χ0v) is 13.9. The van der Waals surface area contributed by atoms with E-state index in [1.165, 1.54) is 12.1 Å². The number of hydrogen-bond acceptors (Lipinski definition) is 2. The zero-order valence-electron chi connectivity index (χ0n) is 11.0. The summed E-state index contributed by atoms with van der Waals surface area (Å²) in [5, 5.41) is 12.2. The number of rotatable bonds is 3. The fourth-order valence-corrected chi connectivity index (χ4v) is 2.28. The summed E-state index contributed by atoms with van der Waals surface area (Å²) in [6, 6.07) is 9.58. The first kappa shape index (κ1) is 15.8. The Kier molecular flexibility index (Phi) is 4.84. The SMILES string of the molecule is Cc1cc(C(=O)O)ccc1NC(=O)c1ccc(I)c(Cl)c1. The summed E-state index contributed by atoms with van der Waals surface area (Å²) in [5.41, 5.74) is 1.88. The van der Waals surface area contributed by atoms with E-state index in [-0.39, 0.29) is 11.5 Å². The maximum atomic E-state index is 12.2. The third-order valence-electron chi connectivity index (χ3n) is 2.90. The lowest BCUT2D eigenvalue weighted by Gasteiger charge is -2.09. The lowest BCUT2D eigenvalue weighted by atomic mass is 10.1. The van der Waals surface area contributed by atoms with Crippen LogP contribution in [0.1, 0.15) is 26.3 Å². The van der Waals surface area contributed by atoms with E-state index < -0.39 is 5.97 Å². The van der Waals surface area contributed by atoms with Gasteiger partial charge in [0.1, 0.15) is 0 Å². The summed E-state index contributed by atoms with van der Waals surface area (Å²) in [6.07, 6.45) is 0. The van der Waals surface area contributed by atoms with Gasteiger partial charge in [0.15, 0.2) is 0 Å². The largest absolute Gasteiger partial charge is 0.478 e. The minimum absolute atomic E-state index is 0.183. The van der Waals surface area contributed by atoms with Gasteiger partial charge in [-0.1, -0.05) is 11.6 Å². The number of carboxylic acids is 1. The van der Waals surface area contributed by atoms with Crippen LogP contribution in [0.5, 0.6) is 0 Å². The molecule has 108 valence electrons. The van der Waals surface area contributed by atoms with E-state index in [9.17, 15) is 9.59 Å². The number of anilines is 1. The van der Waals surface area contributed by atoms with Gasteiger partial charge in [-0.05, 0) is 71.5 Å². The molecule has 1 amide bonds. The van der Waals surface area contributed by atoms with Crippen molar-refractivity contribution in [2.45, 2.75) is 6.92 Å². The van der Waals surface area contributed by atoms with Crippen LogP contribution in [0.4, 0.5) is 5.69 Å². The molecule has 2 aromatic rings. The number of carbonyl (C=O) groups is 2. The summed E-state index contributed by atoms with van der Waals surface area (Å²) < 4.78 is 0.868. The molecule has 0 aliphatic heterocycles. The van der Waals surface area contributed by atoms with Crippen molar-refractivity contribution in [1.29, 1.82) is 0 Å². The van der Waals surface area contributed by atoms with Crippen LogP contribution in [0, 0.1) is 10.5 Å². The highest BCUT2D eigenvalue weighted by molar-refractivity contribution is 14.1. The topological polar surface area (TPSA) is 66.4 Å². The second kappa shape index (κ2) is 6.44. The molecule has 0 unspecified atom stereocenters. The van der Waals surface area contributed by atoms with E-state index in [1.54, 1.807) is 31.2 Å². The fraction of sp³-hybridized carbons (Fsp3) is 0.0667. The van der Waals surface area contributed by atoms with E-state index in [1.807, 2.05) is 0 Å². The second-order valence-corrected chi connectivity index (χ2v) is 5.99. The van der Waals surface area contributed by atoms with Crippen LogP contribution < -0.4 is 5.32 Å². The molecule has 4 nitrogen and oxygen atoms in total. The molecule has 0 saturated heterocycles. The number of halogens is 2. The molecule has 2 N–H and O–H groups in total. The lowest BCUT2D eigenvalue weighted by molar-refractivity contribution is 0.0696. The Morgan fingerprint density at radius 1 is 1.14 bits per heavy atom. The van der Waals surface area contributed by atoms with Gasteiger partial charge in [0.25, 0.3) is 5.91 Å². The van der Waals surface area contributed by atoms with Crippen molar-refractivity contribution in [1.82, 2.24) is 0 Å². The van der Waals surface area contributed by atoms with E-state index in [4.69, 9.17) is 16.7 Å². The number of aromatic carboxylic acids is 1. The molecule has 0 atom stereocenters. The number of carbonyl (C=O) groups excluding carboxylic acids is 1. The average Bonchev–Trinajstić information content (AvgIpc) is 2.43.